The number of benzene rings is 3. The van der Waals surface area contributed by atoms with E-state index in [4.69, 9.17) is 4.74 Å². The van der Waals surface area contributed by atoms with Gasteiger partial charge in [-0.05, 0) is 41.3 Å². The SMILES string of the molecule is COc1ccc(-n2c(SCC(=O)NN=Cc3c[nH]c4ccccc34)nnc2-c2ccc(C(C)(C)C)cc2)cc1. The summed E-state index contributed by atoms with van der Waals surface area (Å²) in [5.74, 6) is 1.34. The second-order valence-corrected chi connectivity index (χ2v) is 11.0. The molecule has 9 heteroatoms. The van der Waals surface area contributed by atoms with Crippen molar-refractivity contribution in [3.8, 4) is 22.8 Å². The fraction of sp³-hybridized carbons (Fsp3) is 0.200. The van der Waals surface area contributed by atoms with E-state index in [1.807, 2.05) is 59.3 Å². The first-order valence-corrected chi connectivity index (χ1v) is 13.5. The van der Waals surface area contributed by atoms with Crippen LogP contribution in [0.15, 0.2) is 89.3 Å². The Bertz CT molecular complexity index is 1610. The molecule has 5 aromatic rings. The molecule has 1 amide bonds. The summed E-state index contributed by atoms with van der Waals surface area (Å²) in [6.07, 6.45) is 3.50. The van der Waals surface area contributed by atoms with Crippen molar-refractivity contribution in [2.75, 3.05) is 12.9 Å². The average Bonchev–Trinajstić information content (AvgIpc) is 3.56. The van der Waals surface area contributed by atoms with E-state index in [9.17, 15) is 4.79 Å². The normalized spacial score (nSPS) is 11.8. The number of rotatable bonds is 8. The molecule has 2 heterocycles. The Morgan fingerprint density at radius 1 is 1.05 bits per heavy atom. The molecule has 0 fully saturated rings. The maximum Gasteiger partial charge on any atom is 0.250 e. The number of carbonyl (C=O) groups excluding carboxylic acids is 1. The van der Waals surface area contributed by atoms with Crippen molar-refractivity contribution >= 4 is 34.8 Å². The number of hydrogen-bond acceptors (Lipinski definition) is 6. The van der Waals surface area contributed by atoms with Crippen molar-refractivity contribution in [2.24, 2.45) is 5.10 Å². The monoisotopic (exact) mass is 538 g/mol. The van der Waals surface area contributed by atoms with Crippen LogP contribution in [0.2, 0.25) is 0 Å². The fourth-order valence-corrected chi connectivity index (χ4v) is 4.91. The van der Waals surface area contributed by atoms with Gasteiger partial charge < -0.3 is 9.72 Å². The highest BCUT2D eigenvalue weighted by Crippen LogP contribution is 2.30. The van der Waals surface area contributed by atoms with E-state index >= 15 is 0 Å². The lowest BCUT2D eigenvalue weighted by Gasteiger charge is -2.19. The molecule has 0 atom stereocenters. The lowest BCUT2D eigenvalue weighted by atomic mass is 9.87. The van der Waals surface area contributed by atoms with Crippen LogP contribution in [0.25, 0.3) is 28.0 Å². The Kier molecular flexibility index (Phi) is 7.51. The van der Waals surface area contributed by atoms with Crippen LogP contribution in [0.4, 0.5) is 0 Å². The van der Waals surface area contributed by atoms with Crippen LogP contribution in [0.5, 0.6) is 5.75 Å². The molecule has 0 saturated heterocycles. The maximum atomic E-state index is 12.6. The number of nitrogens with one attached hydrogen (secondary N) is 2. The van der Waals surface area contributed by atoms with Gasteiger partial charge in [-0.2, -0.15) is 5.10 Å². The summed E-state index contributed by atoms with van der Waals surface area (Å²) < 4.78 is 7.29. The zero-order chi connectivity index (χ0) is 27.4. The van der Waals surface area contributed by atoms with Gasteiger partial charge in [0.15, 0.2) is 11.0 Å². The predicted octanol–water partition coefficient (Wildman–Crippen LogP) is 5.96. The lowest BCUT2D eigenvalue weighted by Crippen LogP contribution is -2.20. The number of para-hydroxylation sites is 1. The molecule has 3 aromatic carbocycles. The Morgan fingerprint density at radius 3 is 2.51 bits per heavy atom. The Morgan fingerprint density at radius 2 is 1.79 bits per heavy atom. The highest BCUT2D eigenvalue weighted by molar-refractivity contribution is 7.99. The number of thioether (sulfide) groups is 1. The summed E-state index contributed by atoms with van der Waals surface area (Å²) in [7, 11) is 1.64. The molecular weight excluding hydrogens is 508 g/mol. The predicted molar refractivity (Wildman–Crippen MR) is 157 cm³/mol. The molecule has 39 heavy (non-hydrogen) atoms. The molecule has 2 N–H and O–H groups in total. The molecule has 198 valence electrons. The van der Waals surface area contributed by atoms with E-state index in [1.165, 1.54) is 17.3 Å². The summed E-state index contributed by atoms with van der Waals surface area (Å²) in [4.78, 5) is 15.8. The minimum Gasteiger partial charge on any atom is -0.497 e. The maximum absolute atomic E-state index is 12.6. The van der Waals surface area contributed by atoms with Gasteiger partial charge in [-0.25, -0.2) is 5.43 Å². The molecule has 0 aliphatic heterocycles. The van der Waals surface area contributed by atoms with Crippen molar-refractivity contribution in [3.05, 3.63) is 90.1 Å². The second kappa shape index (κ2) is 11.2. The van der Waals surface area contributed by atoms with Crippen LogP contribution in [-0.2, 0) is 10.2 Å². The van der Waals surface area contributed by atoms with Gasteiger partial charge in [0.2, 0.25) is 0 Å². The van der Waals surface area contributed by atoms with Crippen molar-refractivity contribution in [3.63, 3.8) is 0 Å². The first-order chi connectivity index (χ1) is 18.8. The number of nitrogens with zero attached hydrogens (tertiary/aromatic N) is 4. The molecule has 2 aromatic heterocycles. The molecule has 0 unspecified atom stereocenters. The van der Waals surface area contributed by atoms with Crippen molar-refractivity contribution in [1.29, 1.82) is 0 Å². The van der Waals surface area contributed by atoms with E-state index in [0.717, 1.165) is 33.5 Å². The average molecular weight is 539 g/mol. The van der Waals surface area contributed by atoms with Gasteiger partial charge in [0.25, 0.3) is 5.91 Å². The van der Waals surface area contributed by atoms with Crippen LogP contribution in [0, 0.1) is 0 Å². The Hall–Kier alpha value is -4.37. The van der Waals surface area contributed by atoms with Crippen molar-refractivity contribution in [1.82, 2.24) is 25.2 Å². The van der Waals surface area contributed by atoms with Crippen LogP contribution < -0.4 is 10.2 Å². The van der Waals surface area contributed by atoms with Crippen LogP contribution in [-0.4, -0.2) is 44.7 Å². The number of ether oxygens (including phenoxy) is 1. The Labute approximate surface area is 231 Å². The number of fused-ring (bicyclic) bond motifs is 1. The van der Waals surface area contributed by atoms with E-state index in [0.29, 0.717) is 11.0 Å². The number of carbonyl (C=O) groups is 1. The lowest BCUT2D eigenvalue weighted by molar-refractivity contribution is -0.118. The van der Waals surface area contributed by atoms with Crippen molar-refractivity contribution < 1.29 is 9.53 Å². The molecule has 0 aliphatic carbocycles. The first-order valence-electron chi connectivity index (χ1n) is 12.5. The molecule has 0 spiro atoms. The summed E-state index contributed by atoms with van der Waals surface area (Å²) in [6, 6.07) is 24.0. The highest BCUT2D eigenvalue weighted by Gasteiger charge is 2.19. The molecule has 0 aliphatic rings. The fourth-order valence-electron chi connectivity index (χ4n) is 4.17. The van der Waals surface area contributed by atoms with Crippen LogP contribution in [0.1, 0.15) is 31.9 Å². The number of hydrazone groups is 1. The third kappa shape index (κ3) is 5.88. The third-order valence-electron chi connectivity index (χ3n) is 6.32. The number of hydrogen-bond donors (Lipinski definition) is 2. The molecule has 8 nitrogen and oxygen atoms in total. The summed E-state index contributed by atoms with van der Waals surface area (Å²) in [5.41, 5.74) is 7.62. The highest BCUT2D eigenvalue weighted by atomic mass is 32.2. The van der Waals surface area contributed by atoms with Gasteiger partial charge in [0.1, 0.15) is 5.75 Å². The smallest absolute Gasteiger partial charge is 0.250 e. The minimum absolute atomic E-state index is 0.0488. The largest absolute Gasteiger partial charge is 0.497 e. The first kappa shape index (κ1) is 26.2. The number of aromatic nitrogens is 4. The third-order valence-corrected chi connectivity index (χ3v) is 7.25. The number of aromatic amines is 1. The number of amides is 1. The molecule has 0 saturated carbocycles. The van der Waals surface area contributed by atoms with E-state index in [-0.39, 0.29) is 17.1 Å². The molecular formula is C30H30N6O2S. The quantitative estimate of drug-likeness (QED) is 0.144. The van der Waals surface area contributed by atoms with E-state index < -0.39 is 0 Å². The van der Waals surface area contributed by atoms with Crippen molar-refractivity contribution in [2.45, 2.75) is 31.3 Å². The van der Waals surface area contributed by atoms with Gasteiger partial charge in [0.05, 0.1) is 19.1 Å². The summed E-state index contributed by atoms with van der Waals surface area (Å²) in [5, 5.41) is 14.7. The minimum atomic E-state index is -0.239. The standard InChI is InChI=1S/C30H30N6O2S/c1-30(2,3)22-11-9-20(10-12-22)28-34-35-29(36(28)23-13-15-24(38-4)16-14-23)39-19-27(37)33-32-18-21-17-31-26-8-6-5-7-25(21)26/h5-18,31H,19H2,1-4H3,(H,33,37). The van der Waals surface area contributed by atoms with Gasteiger partial charge >= 0.3 is 0 Å². The number of H-pyrrole nitrogens is 1. The summed E-state index contributed by atoms with van der Waals surface area (Å²) in [6.45, 7) is 6.56. The molecule has 0 radical (unpaired) electrons. The zero-order valence-corrected chi connectivity index (χ0v) is 23.1. The Balaban J connectivity index is 1.35. The zero-order valence-electron chi connectivity index (χ0n) is 22.3. The second-order valence-electron chi connectivity index (χ2n) is 10.0. The van der Waals surface area contributed by atoms with Gasteiger partial charge in [-0.1, -0.05) is 75.0 Å². The van der Waals surface area contributed by atoms with Crippen LogP contribution in [0.3, 0.4) is 0 Å². The van der Waals surface area contributed by atoms with E-state index in [1.54, 1.807) is 13.3 Å². The number of methoxy groups -OCH3 is 1. The molecule has 5 rings (SSSR count). The topological polar surface area (TPSA) is 97.2 Å². The molecule has 0 bridgehead atoms. The summed E-state index contributed by atoms with van der Waals surface area (Å²) >= 11 is 1.30. The van der Waals surface area contributed by atoms with E-state index in [2.05, 4.69) is 70.7 Å². The van der Waals surface area contributed by atoms with Gasteiger partial charge in [0, 0.05) is 33.9 Å². The van der Waals surface area contributed by atoms with Crippen LogP contribution >= 0.6 is 11.8 Å². The van der Waals surface area contributed by atoms with Gasteiger partial charge in [-0.3, -0.25) is 9.36 Å². The van der Waals surface area contributed by atoms with Gasteiger partial charge in [-0.15, -0.1) is 10.2 Å².